The minimum absolute atomic E-state index is 0.141. The third-order valence-electron chi connectivity index (χ3n) is 4.58. The Kier molecular flexibility index (Phi) is 6.12. The van der Waals surface area contributed by atoms with E-state index in [2.05, 4.69) is 30.0 Å². The van der Waals surface area contributed by atoms with Crippen LogP contribution in [0.2, 0.25) is 0 Å². The molecule has 0 atom stereocenters. The fraction of sp³-hybridized carbons (Fsp3) is 0.286. The van der Waals surface area contributed by atoms with Crippen molar-refractivity contribution in [2.24, 2.45) is 0 Å². The number of nitrogens with zero attached hydrogens (tertiary/aromatic N) is 4. The van der Waals surface area contributed by atoms with Crippen LogP contribution in [-0.4, -0.2) is 32.1 Å². The van der Waals surface area contributed by atoms with Gasteiger partial charge in [-0.05, 0) is 51.5 Å². The van der Waals surface area contributed by atoms with Crippen LogP contribution >= 0.6 is 11.9 Å². The number of anilines is 2. The number of hydrogen-bond donors (Lipinski definition) is 2. The van der Waals surface area contributed by atoms with E-state index in [0.29, 0.717) is 11.6 Å². The van der Waals surface area contributed by atoms with Crippen molar-refractivity contribution in [2.75, 3.05) is 16.3 Å². The third kappa shape index (κ3) is 4.71. The predicted octanol–water partition coefficient (Wildman–Crippen LogP) is 4.16. The van der Waals surface area contributed by atoms with Gasteiger partial charge in [-0.15, -0.1) is 0 Å². The lowest BCUT2D eigenvalue weighted by molar-refractivity contribution is -0.120. The van der Waals surface area contributed by atoms with Crippen LogP contribution in [0.1, 0.15) is 30.8 Å². The van der Waals surface area contributed by atoms with Crippen molar-refractivity contribution in [3.8, 4) is 11.3 Å². The van der Waals surface area contributed by atoms with Crippen LogP contribution in [0.4, 0.5) is 11.6 Å². The summed E-state index contributed by atoms with van der Waals surface area (Å²) in [6.45, 7) is 7.56. The van der Waals surface area contributed by atoms with E-state index >= 15 is 0 Å². The molecule has 0 radical (unpaired) electrons. The zero-order chi connectivity index (χ0) is 21.0. The first-order valence-corrected chi connectivity index (χ1v) is 10.4. The Labute approximate surface area is 174 Å². The molecule has 2 N–H and O–H groups in total. The third-order valence-corrected chi connectivity index (χ3v) is 4.97. The molecule has 0 aliphatic heterocycles. The molecule has 1 aromatic carbocycles. The Bertz CT molecular complexity index is 1040. The molecule has 8 heteroatoms. The van der Waals surface area contributed by atoms with Crippen LogP contribution in [0.3, 0.4) is 0 Å². The molecule has 0 spiro atoms. The van der Waals surface area contributed by atoms with E-state index in [0.717, 1.165) is 28.2 Å². The highest BCUT2D eigenvalue weighted by Crippen LogP contribution is 2.27. The molecule has 0 bridgehead atoms. The summed E-state index contributed by atoms with van der Waals surface area (Å²) in [6, 6.07) is 7.59. The highest BCUT2D eigenvalue weighted by molar-refractivity contribution is 7.99. The fourth-order valence-corrected chi connectivity index (χ4v) is 3.09. The first-order chi connectivity index (χ1) is 13.8. The molecule has 2 heterocycles. The Morgan fingerprint density at radius 3 is 2.59 bits per heavy atom. The summed E-state index contributed by atoms with van der Waals surface area (Å²) in [5.41, 5.74) is 4.14. The van der Waals surface area contributed by atoms with Crippen LogP contribution in [0.15, 0.2) is 42.9 Å². The molecule has 150 valence electrons. The molecule has 7 nitrogen and oxygen atoms in total. The van der Waals surface area contributed by atoms with E-state index in [1.807, 2.05) is 52.1 Å². The highest BCUT2D eigenvalue weighted by atomic mass is 32.2. The van der Waals surface area contributed by atoms with Crippen LogP contribution in [-0.2, 0) is 10.2 Å². The van der Waals surface area contributed by atoms with E-state index in [-0.39, 0.29) is 5.91 Å². The number of carbonyl (C=O) groups excluding carboxylic acids is 1. The van der Waals surface area contributed by atoms with Crippen molar-refractivity contribution >= 4 is 29.5 Å². The molecule has 29 heavy (non-hydrogen) atoms. The Hall–Kier alpha value is -3.00. The Balaban J connectivity index is 1.82. The van der Waals surface area contributed by atoms with E-state index in [4.69, 9.17) is 0 Å². The first kappa shape index (κ1) is 20.7. The van der Waals surface area contributed by atoms with Crippen molar-refractivity contribution in [3.05, 3.63) is 59.8 Å². The van der Waals surface area contributed by atoms with Crippen molar-refractivity contribution < 1.29 is 4.79 Å². The minimum Gasteiger partial charge on any atom is -0.325 e. The Morgan fingerprint density at radius 2 is 1.90 bits per heavy atom. The van der Waals surface area contributed by atoms with Gasteiger partial charge in [-0.25, -0.2) is 15.0 Å². The van der Waals surface area contributed by atoms with Gasteiger partial charge in [0.05, 0.1) is 28.7 Å². The second-order valence-corrected chi connectivity index (χ2v) is 7.84. The normalized spacial score (nSPS) is 11.2. The zero-order valence-corrected chi connectivity index (χ0v) is 18.0. The highest BCUT2D eigenvalue weighted by Gasteiger charge is 2.32. The number of amides is 1. The number of hydrogen-bond acceptors (Lipinski definition) is 7. The van der Waals surface area contributed by atoms with E-state index < -0.39 is 5.41 Å². The van der Waals surface area contributed by atoms with Gasteiger partial charge in [0, 0.05) is 29.9 Å². The summed E-state index contributed by atoms with van der Waals surface area (Å²) < 4.78 is 3.00. The summed E-state index contributed by atoms with van der Waals surface area (Å²) >= 11 is 1.40. The van der Waals surface area contributed by atoms with Crippen LogP contribution in [0.5, 0.6) is 0 Å². The molecule has 1 amide bonds. The van der Waals surface area contributed by atoms with Crippen LogP contribution in [0, 0.1) is 13.8 Å². The van der Waals surface area contributed by atoms with Crippen molar-refractivity contribution in [1.82, 2.24) is 19.9 Å². The lowest BCUT2D eigenvalue weighted by atomic mass is 9.87. The van der Waals surface area contributed by atoms with Gasteiger partial charge in [-0.2, -0.15) is 0 Å². The largest absolute Gasteiger partial charge is 0.325 e. The lowest BCUT2D eigenvalue weighted by Crippen LogP contribution is -2.36. The number of nitrogens with one attached hydrogen (secondary N) is 2. The second-order valence-electron chi connectivity index (χ2n) is 7.23. The summed E-state index contributed by atoms with van der Waals surface area (Å²) in [5, 5.41) is 3.03. The maximum atomic E-state index is 13.0. The first-order valence-electron chi connectivity index (χ1n) is 9.15. The van der Waals surface area contributed by atoms with Gasteiger partial charge in [-0.1, -0.05) is 18.0 Å². The SMILES string of the molecule is CSNc1nccc(C(C)(C)C(=O)Nc2ccc(-c3cncc(C)n3)cc2C)n1. The van der Waals surface area contributed by atoms with Gasteiger partial charge in [0.25, 0.3) is 0 Å². The van der Waals surface area contributed by atoms with Gasteiger partial charge in [0.1, 0.15) is 0 Å². The maximum absolute atomic E-state index is 13.0. The molecule has 0 aliphatic rings. The smallest absolute Gasteiger partial charge is 0.236 e. The number of rotatable bonds is 6. The average molecular weight is 409 g/mol. The van der Waals surface area contributed by atoms with E-state index in [1.165, 1.54) is 11.9 Å². The van der Waals surface area contributed by atoms with Gasteiger partial charge >= 0.3 is 0 Å². The monoisotopic (exact) mass is 408 g/mol. The number of aryl methyl sites for hydroxylation is 2. The zero-order valence-electron chi connectivity index (χ0n) is 17.1. The Morgan fingerprint density at radius 1 is 1.10 bits per heavy atom. The molecular formula is C21H24N6OS. The minimum atomic E-state index is -0.828. The molecule has 3 aromatic rings. The maximum Gasteiger partial charge on any atom is 0.236 e. The topological polar surface area (TPSA) is 92.7 Å². The average Bonchev–Trinajstić information content (AvgIpc) is 2.70. The molecule has 0 unspecified atom stereocenters. The van der Waals surface area contributed by atoms with E-state index in [1.54, 1.807) is 24.7 Å². The van der Waals surface area contributed by atoms with Crippen molar-refractivity contribution in [2.45, 2.75) is 33.1 Å². The van der Waals surface area contributed by atoms with Crippen LogP contribution in [0.25, 0.3) is 11.3 Å². The predicted molar refractivity (Wildman–Crippen MR) is 118 cm³/mol. The molecule has 0 aliphatic carbocycles. The quantitative estimate of drug-likeness (QED) is 0.592. The molecule has 0 saturated carbocycles. The number of benzene rings is 1. The second kappa shape index (κ2) is 8.57. The van der Waals surface area contributed by atoms with Crippen molar-refractivity contribution in [1.29, 1.82) is 0 Å². The molecular weight excluding hydrogens is 384 g/mol. The number of carbonyl (C=O) groups is 1. The van der Waals surface area contributed by atoms with Gasteiger partial charge in [0.2, 0.25) is 11.9 Å². The fourth-order valence-electron chi connectivity index (χ4n) is 2.81. The van der Waals surface area contributed by atoms with E-state index in [9.17, 15) is 4.79 Å². The summed E-state index contributed by atoms with van der Waals surface area (Å²) in [6.07, 6.45) is 7.00. The molecule has 0 saturated heterocycles. The van der Waals surface area contributed by atoms with Crippen molar-refractivity contribution in [3.63, 3.8) is 0 Å². The van der Waals surface area contributed by atoms with Crippen LogP contribution < -0.4 is 10.0 Å². The van der Waals surface area contributed by atoms with Gasteiger partial charge in [-0.3, -0.25) is 14.5 Å². The lowest BCUT2D eigenvalue weighted by Gasteiger charge is -2.24. The standard InChI is InChI=1S/C21H24N6OS/c1-13-10-15(17-12-22-11-14(2)24-17)6-7-16(13)25-19(28)21(3,4)18-8-9-23-20(26-18)27-29-5/h6-12H,1-5H3,(H,25,28)(H,23,26,27). The summed E-state index contributed by atoms with van der Waals surface area (Å²) in [7, 11) is 0. The number of aromatic nitrogens is 4. The van der Waals surface area contributed by atoms with Gasteiger partial charge in [0.15, 0.2) is 0 Å². The molecule has 2 aromatic heterocycles. The summed E-state index contributed by atoms with van der Waals surface area (Å²) in [5.74, 6) is 0.341. The molecule has 0 fully saturated rings. The van der Waals surface area contributed by atoms with Gasteiger partial charge < -0.3 is 5.32 Å². The molecule has 3 rings (SSSR count). The summed E-state index contributed by atoms with van der Waals surface area (Å²) in [4.78, 5) is 30.4.